The first-order valence-corrected chi connectivity index (χ1v) is 7.84. The largest absolute Gasteiger partial charge is 0.484 e. The fraction of sp³-hybridized carbons (Fsp3) is 0.933. The van der Waals surface area contributed by atoms with Gasteiger partial charge < -0.3 is 4.74 Å². The zero-order valence-corrected chi connectivity index (χ0v) is 12.8. The van der Waals surface area contributed by atoms with Gasteiger partial charge in [-0.3, -0.25) is 0 Å². The van der Waals surface area contributed by atoms with Gasteiger partial charge in [-0.2, -0.15) is 0 Å². The molecule has 0 aromatic heterocycles. The Hall–Kier alpha value is -0.110. The molecular weight excluding hydrogens is 228 g/mol. The summed E-state index contributed by atoms with van der Waals surface area (Å²) in [7, 11) is 0. The van der Waals surface area contributed by atoms with Gasteiger partial charge in [0.2, 0.25) is 0 Å². The van der Waals surface area contributed by atoms with Gasteiger partial charge >= 0.3 is 0 Å². The highest BCUT2D eigenvalue weighted by atomic mass is 32.1. The van der Waals surface area contributed by atoms with Crippen LogP contribution in [0.5, 0.6) is 0 Å². The van der Waals surface area contributed by atoms with Gasteiger partial charge in [-0.05, 0) is 37.9 Å². The molecule has 102 valence electrons. The molecule has 0 saturated carbocycles. The molecule has 1 atom stereocenters. The minimum absolute atomic E-state index is 0.380. The average Bonchev–Trinajstić information content (AvgIpc) is 2.34. The highest BCUT2D eigenvalue weighted by Crippen LogP contribution is 2.16. The van der Waals surface area contributed by atoms with E-state index in [4.69, 9.17) is 17.0 Å². The van der Waals surface area contributed by atoms with Crippen molar-refractivity contribution in [2.24, 2.45) is 0 Å². The minimum Gasteiger partial charge on any atom is -0.484 e. The van der Waals surface area contributed by atoms with Gasteiger partial charge in [-0.25, -0.2) is 0 Å². The first-order chi connectivity index (χ1) is 8.24. The van der Waals surface area contributed by atoms with Crippen LogP contribution in [0, 0.1) is 0 Å². The molecule has 1 unspecified atom stereocenters. The van der Waals surface area contributed by atoms with Crippen LogP contribution in [0.3, 0.4) is 0 Å². The molecule has 0 aliphatic heterocycles. The van der Waals surface area contributed by atoms with Crippen molar-refractivity contribution in [3.63, 3.8) is 0 Å². The van der Waals surface area contributed by atoms with Crippen molar-refractivity contribution in [1.82, 2.24) is 0 Å². The summed E-state index contributed by atoms with van der Waals surface area (Å²) in [4.78, 5) is 0. The minimum atomic E-state index is 0.380. The fourth-order valence-electron chi connectivity index (χ4n) is 1.95. The maximum atomic E-state index is 5.86. The van der Waals surface area contributed by atoms with Crippen molar-refractivity contribution in [2.75, 3.05) is 0 Å². The summed E-state index contributed by atoms with van der Waals surface area (Å²) in [5.74, 6) is 0. The smallest absolute Gasteiger partial charge is 0.159 e. The lowest BCUT2D eigenvalue weighted by Gasteiger charge is -2.19. The van der Waals surface area contributed by atoms with E-state index >= 15 is 0 Å². The highest BCUT2D eigenvalue weighted by Gasteiger charge is 2.10. The second-order valence-corrected chi connectivity index (χ2v) is 5.27. The van der Waals surface area contributed by atoms with Gasteiger partial charge in [-0.15, -0.1) is 0 Å². The van der Waals surface area contributed by atoms with E-state index in [9.17, 15) is 0 Å². The Morgan fingerprint density at radius 3 is 1.94 bits per heavy atom. The third kappa shape index (κ3) is 10.7. The monoisotopic (exact) mass is 258 g/mol. The molecule has 1 nitrogen and oxygen atoms in total. The highest BCUT2D eigenvalue weighted by molar-refractivity contribution is 7.80. The second-order valence-electron chi connectivity index (χ2n) is 4.81. The zero-order chi connectivity index (χ0) is 12.9. The van der Waals surface area contributed by atoms with Crippen LogP contribution in [-0.2, 0) is 4.74 Å². The number of thiocarbonyl (C=S) groups is 1. The number of hydrogen-bond acceptors (Lipinski definition) is 2. The predicted octanol–water partition coefficient (Wildman–Crippen LogP) is 5.66. The van der Waals surface area contributed by atoms with Crippen LogP contribution >= 0.6 is 12.2 Å². The van der Waals surface area contributed by atoms with Gasteiger partial charge in [0.05, 0.1) is 6.10 Å². The summed E-state index contributed by atoms with van der Waals surface area (Å²) >= 11 is 5.19. The number of hydrogen-bond donors (Lipinski definition) is 0. The topological polar surface area (TPSA) is 9.23 Å². The third-order valence-corrected chi connectivity index (χ3v) is 3.48. The normalized spacial score (nSPS) is 12.4. The van der Waals surface area contributed by atoms with Crippen LogP contribution in [0.4, 0.5) is 0 Å². The van der Waals surface area contributed by atoms with Crippen LogP contribution < -0.4 is 0 Å². The Bertz CT molecular complexity index is 180. The number of ether oxygens (including phenoxy) is 1. The van der Waals surface area contributed by atoms with Gasteiger partial charge in [0.15, 0.2) is 5.05 Å². The molecule has 0 N–H and O–H groups in total. The Morgan fingerprint density at radius 1 is 0.882 bits per heavy atom. The van der Waals surface area contributed by atoms with Gasteiger partial charge in [0.25, 0.3) is 0 Å². The van der Waals surface area contributed by atoms with Crippen molar-refractivity contribution in [2.45, 2.75) is 91.1 Å². The quantitative estimate of drug-likeness (QED) is 0.349. The van der Waals surface area contributed by atoms with E-state index in [1.807, 2.05) is 0 Å². The van der Waals surface area contributed by atoms with Crippen LogP contribution in [-0.4, -0.2) is 11.2 Å². The molecule has 0 aliphatic rings. The average molecular weight is 258 g/mol. The maximum absolute atomic E-state index is 5.86. The van der Waals surface area contributed by atoms with Crippen LogP contribution in [0.25, 0.3) is 0 Å². The summed E-state index contributed by atoms with van der Waals surface area (Å²) in [5, 5.41) is 0.794. The molecule has 0 radical (unpaired) electrons. The molecule has 0 saturated heterocycles. The Morgan fingerprint density at radius 2 is 1.41 bits per heavy atom. The molecule has 0 bridgehead atoms. The lowest BCUT2D eigenvalue weighted by molar-refractivity contribution is 0.161. The van der Waals surface area contributed by atoms with Crippen LogP contribution in [0.1, 0.15) is 85.0 Å². The summed E-state index contributed by atoms with van der Waals surface area (Å²) in [6, 6.07) is 0. The van der Waals surface area contributed by atoms with E-state index in [2.05, 4.69) is 20.8 Å². The molecule has 0 aromatic carbocycles. The van der Waals surface area contributed by atoms with Gasteiger partial charge in [0, 0.05) is 6.42 Å². The molecule has 17 heavy (non-hydrogen) atoms. The van der Waals surface area contributed by atoms with Crippen molar-refractivity contribution in [3.05, 3.63) is 0 Å². The Labute approximate surface area is 113 Å². The summed E-state index contributed by atoms with van der Waals surface area (Å²) in [6.07, 6.45) is 12.8. The summed E-state index contributed by atoms with van der Waals surface area (Å²) < 4.78 is 5.86. The Kier molecular flexibility index (Phi) is 12.3. The third-order valence-electron chi connectivity index (χ3n) is 3.10. The fourth-order valence-corrected chi connectivity index (χ4v) is 2.09. The molecule has 0 spiro atoms. The first-order valence-electron chi connectivity index (χ1n) is 7.44. The van der Waals surface area contributed by atoms with Crippen molar-refractivity contribution in [1.29, 1.82) is 0 Å². The second kappa shape index (κ2) is 12.3. The van der Waals surface area contributed by atoms with E-state index in [1.54, 1.807) is 0 Å². The summed E-state index contributed by atoms with van der Waals surface area (Å²) in [6.45, 7) is 6.57. The number of unbranched alkanes of at least 4 members (excludes halogenated alkanes) is 5. The summed E-state index contributed by atoms with van der Waals surface area (Å²) in [5.41, 5.74) is 0. The molecule has 0 aromatic rings. The zero-order valence-electron chi connectivity index (χ0n) is 12.0. The maximum Gasteiger partial charge on any atom is 0.159 e. The molecular formula is C15H30OS. The van der Waals surface area contributed by atoms with E-state index in [1.165, 1.54) is 57.8 Å². The lowest BCUT2D eigenvalue weighted by Crippen LogP contribution is -2.16. The van der Waals surface area contributed by atoms with Crippen LogP contribution in [0.15, 0.2) is 0 Å². The van der Waals surface area contributed by atoms with E-state index in [0.29, 0.717) is 6.10 Å². The predicted molar refractivity (Wildman–Crippen MR) is 80.7 cm³/mol. The molecule has 0 amide bonds. The molecule has 2 heteroatoms. The molecule has 0 fully saturated rings. The van der Waals surface area contributed by atoms with Crippen molar-refractivity contribution >= 4 is 17.3 Å². The standard InChI is InChI=1S/C15H30OS/c1-4-7-9-11-13-14(12-10-8-5-2)16-15(17)6-3/h14H,4-13H2,1-3H3. The number of rotatable bonds is 11. The first kappa shape index (κ1) is 16.9. The molecule has 0 heterocycles. The van der Waals surface area contributed by atoms with Gasteiger partial charge in [-0.1, -0.05) is 52.9 Å². The SMILES string of the molecule is CCCCCCC(CCCCC)OC(=S)CC. The van der Waals surface area contributed by atoms with Crippen molar-refractivity contribution in [3.8, 4) is 0 Å². The van der Waals surface area contributed by atoms with E-state index in [0.717, 1.165) is 11.5 Å². The molecule has 0 aliphatic carbocycles. The van der Waals surface area contributed by atoms with Crippen molar-refractivity contribution < 1.29 is 4.74 Å². The Balaban J connectivity index is 3.79. The lowest BCUT2D eigenvalue weighted by atomic mass is 10.0. The van der Waals surface area contributed by atoms with Crippen LogP contribution in [0.2, 0.25) is 0 Å². The van der Waals surface area contributed by atoms with Gasteiger partial charge in [0.1, 0.15) is 0 Å². The molecule has 0 rings (SSSR count). The van der Waals surface area contributed by atoms with E-state index in [-0.39, 0.29) is 0 Å². The van der Waals surface area contributed by atoms with E-state index < -0.39 is 0 Å².